The zero-order valence-corrected chi connectivity index (χ0v) is 21.6. The average Bonchev–Trinajstić information content (AvgIpc) is 3.13. The van der Waals surface area contributed by atoms with Crippen molar-refractivity contribution in [2.75, 3.05) is 22.9 Å². The summed E-state index contributed by atoms with van der Waals surface area (Å²) in [5, 5.41) is 9.02. The molecule has 2 aromatic heterocycles. The summed E-state index contributed by atoms with van der Waals surface area (Å²) in [6, 6.07) is 9.93. The van der Waals surface area contributed by atoms with Crippen molar-refractivity contribution >= 4 is 29.2 Å². The monoisotopic (exact) mass is 499 g/mol. The van der Waals surface area contributed by atoms with Crippen molar-refractivity contribution < 1.29 is 4.79 Å². The predicted octanol–water partition coefficient (Wildman–Crippen LogP) is 2.50. The fourth-order valence-electron chi connectivity index (χ4n) is 3.69. The van der Waals surface area contributed by atoms with Crippen LogP contribution in [0.1, 0.15) is 39.1 Å². The highest BCUT2D eigenvalue weighted by Gasteiger charge is 2.26. The number of amides is 1. The Bertz CT molecular complexity index is 1280. The number of anilines is 2. The number of nitrogens with zero attached hydrogens (tertiary/aromatic N) is 5. The molecule has 0 bridgehead atoms. The third-order valence-electron chi connectivity index (χ3n) is 5.29. The summed E-state index contributed by atoms with van der Waals surface area (Å²) in [5.74, 6) is 0.651. The Morgan fingerprint density at radius 2 is 1.77 bits per heavy atom. The molecule has 35 heavy (non-hydrogen) atoms. The van der Waals surface area contributed by atoms with Gasteiger partial charge in [0.15, 0.2) is 10.8 Å². The predicted molar refractivity (Wildman–Crippen MR) is 139 cm³/mol. The minimum atomic E-state index is -0.672. The van der Waals surface area contributed by atoms with Crippen LogP contribution in [0.4, 0.5) is 11.5 Å². The van der Waals surface area contributed by atoms with Gasteiger partial charge < -0.3 is 15.2 Å². The molecule has 0 fully saturated rings. The number of nitrogen functional groups attached to an aromatic ring is 1. The van der Waals surface area contributed by atoms with Crippen molar-refractivity contribution in [3.8, 4) is 0 Å². The van der Waals surface area contributed by atoms with Gasteiger partial charge in [-0.1, -0.05) is 69.8 Å². The van der Waals surface area contributed by atoms with E-state index in [4.69, 9.17) is 5.73 Å². The van der Waals surface area contributed by atoms with Gasteiger partial charge in [-0.25, -0.2) is 4.79 Å². The lowest BCUT2D eigenvalue weighted by Gasteiger charge is -2.26. The van der Waals surface area contributed by atoms with Crippen LogP contribution in [0, 0.1) is 18.8 Å². The second-order valence-electron chi connectivity index (χ2n) is 9.29. The first-order valence-electron chi connectivity index (χ1n) is 11.6. The number of rotatable bonds is 10. The second kappa shape index (κ2) is 11.4. The molecule has 2 heterocycles. The van der Waals surface area contributed by atoms with Gasteiger partial charge in [-0.3, -0.25) is 19.1 Å². The van der Waals surface area contributed by atoms with Gasteiger partial charge >= 0.3 is 5.69 Å². The van der Waals surface area contributed by atoms with Crippen LogP contribution >= 0.6 is 11.8 Å². The van der Waals surface area contributed by atoms with Crippen LogP contribution in [-0.2, 0) is 17.9 Å². The third-order valence-corrected chi connectivity index (χ3v) is 6.24. The summed E-state index contributed by atoms with van der Waals surface area (Å²) in [7, 11) is 0. The highest BCUT2D eigenvalue weighted by atomic mass is 32.2. The number of nitrogens with one attached hydrogen (secondary N) is 1. The van der Waals surface area contributed by atoms with Gasteiger partial charge in [-0.05, 0) is 24.3 Å². The molecule has 188 valence electrons. The number of nitrogens with two attached hydrogens (primary N) is 1. The van der Waals surface area contributed by atoms with Crippen LogP contribution in [0.3, 0.4) is 0 Å². The van der Waals surface area contributed by atoms with Gasteiger partial charge in [0.1, 0.15) is 11.6 Å². The average molecular weight is 500 g/mol. The molecule has 1 aromatic carbocycles. The number of carbonyl (C=O) groups is 1. The van der Waals surface area contributed by atoms with E-state index < -0.39 is 11.2 Å². The molecule has 0 saturated heterocycles. The SMILES string of the molecule is Cc1nnc(SCC(=O)N(CC(C)C)c2c(N)n(CC(C)C)c(=O)[nH]c2=O)n1Cc1ccccc1. The number of H-pyrrole nitrogens is 1. The maximum Gasteiger partial charge on any atom is 0.330 e. The Morgan fingerprint density at radius 1 is 1.09 bits per heavy atom. The first kappa shape index (κ1) is 26.3. The van der Waals surface area contributed by atoms with E-state index in [1.165, 1.54) is 21.2 Å². The zero-order chi connectivity index (χ0) is 25.7. The summed E-state index contributed by atoms with van der Waals surface area (Å²) < 4.78 is 3.26. The van der Waals surface area contributed by atoms with Crippen molar-refractivity contribution in [1.82, 2.24) is 24.3 Å². The molecular weight excluding hydrogens is 466 g/mol. The molecule has 0 unspecified atom stereocenters. The van der Waals surface area contributed by atoms with Gasteiger partial charge in [0.05, 0.1) is 12.3 Å². The molecule has 3 rings (SSSR count). The van der Waals surface area contributed by atoms with Crippen molar-refractivity contribution in [3.05, 3.63) is 62.6 Å². The number of thioether (sulfide) groups is 1. The van der Waals surface area contributed by atoms with Crippen LogP contribution in [0.2, 0.25) is 0 Å². The Morgan fingerprint density at radius 3 is 2.40 bits per heavy atom. The summed E-state index contributed by atoms with van der Waals surface area (Å²) in [5.41, 5.74) is 6.13. The van der Waals surface area contributed by atoms with Crippen molar-refractivity contribution in [2.24, 2.45) is 11.8 Å². The number of aromatic amines is 1. The fourth-order valence-corrected chi connectivity index (χ4v) is 4.55. The van der Waals surface area contributed by atoms with E-state index in [2.05, 4.69) is 15.2 Å². The van der Waals surface area contributed by atoms with Gasteiger partial charge in [-0.15, -0.1) is 10.2 Å². The normalized spacial score (nSPS) is 11.4. The highest BCUT2D eigenvalue weighted by Crippen LogP contribution is 2.23. The standard InChI is InChI=1S/C24H33N7O3S/c1-15(2)11-30(20-21(25)31(12-16(3)4)23(34)26-22(20)33)19(32)14-35-24-28-27-17(5)29(24)13-18-9-7-6-8-10-18/h6-10,15-16H,11-14,25H2,1-5H3,(H,26,33,34). The van der Waals surface area contributed by atoms with E-state index in [9.17, 15) is 14.4 Å². The molecule has 0 spiro atoms. The number of aromatic nitrogens is 5. The molecule has 0 saturated carbocycles. The first-order valence-corrected chi connectivity index (χ1v) is 12.6. The Kier molecular flexibility index (Phi) is 8.55. The summed E-state index contributed by atoms with van der Waals surface area (Å²) in [6.45, 7) is 10.8. The number of hydrogen-bond donors (Lipinski definition) is 2. The van der Waals surface area contributed by atoms with Gasteiger partial charge in [0.25, 0.3) is 5.56 Å². The second-order valence-corrected chi connectivity index (χ2v) is 10.2. The Balaban J connectivity index is 1.88. The van der Waals surface area contributed by atoms with E-state index in [1.807, 2.05) is 69.5 Å². The lowest BCUT2D eigenvalue weighted by molar-refractivity contribution is -0.116. The molecule has 10 nitrogen and oxygen atoms in total. The van der Waals surface area contributed by atoms with Crippen LogP contribution in [0.15, 0.2) is 45.1 Å². The summed E-state index contributed by atoms with van der Waals surface area (Å²) in [6.07, 6.45) is 0. The molecular formula is C24H33N7O3S. The minimum absolute atomic E-state index is 0.00506. The molecule has 0 atom stereocenters. The van der Waals surface area contributed by atoms with Crippen LogP contribution < -0.4 is 21.9 Å². The minimum Gasteiger partial charge on any atom is -0.383 e. The Labute approximate surface area is 208 Å². The number of carbonyl (C=O) groups excluding carboxylic acids is 1. The third kappa shape index (κ3) is 6.41. The van der Waals surface area contributed by atoms with E-state index in [0.717, 1.165) is 11.4 Å². The van der Waals surface area contributed by atoms with E-state index in [1.54, 1.807) is 0 Å². The molecule has 1 amide bonds. The van der Waals surface area contributed by atoms with Crippen LogP contribution in [-0.4, -0.2) is 42.5 Å². The number of hydrogen-bond acceptors (Lipinski definition) is 7. The molecule has 0 radical (unpaired) electrons. The number of aryl methyl sites for hydroxylation is 1. The molecule has 0 aliphatic rings. The lowest BCUT2D eigenvalue weighted by Crippen LogP contribution is -2.43. The summed E-state index contributed by atoms with van der Waals surface area (Å²) in [4.78, 5) is 42.3. The maximum atomic E-state index is 13.4. The maximum absolute atomic E-state index is 13.4. The topological polar surface area (TPSA) is 132 Å². The summed E-state index contributed by atoms with van der Waals surface area (Å²) >= 11 is 1.25. The highest BCUT2D eigenvalue weighted by molar-refractivity contribution is 7.99. The molecule has 3 aromatic rings. The smallest absolute Gasteiger partial charge is 0.330 e. The van der Waals surface area contributed by atoms with E-state index in [0.29, 0.717) is 18.2 Å². The van der Waals surface area contributed by atoms with E-state index in [-0.39, 0.29) is 41.5 Å². The van der Waals surface area contributed by atoms with Gasteiger partial charge in [0.2, 0.25) is 5.91 Å². The quantitative estimate of drug-likeness (QED) is 0.410. The van der Waals surface area contributed by atoms with Crippen LogP contribution in [0.5, 0.6) is 0 Å². The molecule has 3 N–H and O–H groups in total. The van der Waals surface area contributed by atoms with Gasteiger partial charge in [0, 0.05) is 13.1 Å². The zero-order valence-electron chi connectivity index (χ0n) is 20.8. The molecule has 0 aliphatic carbocycles. The van der Waals surface area contributed by atoms with Gasteiger partial charge in [-0.2, -0.15) is 0 Å². The molecule has 0 aliphatic heterocycles. The van der Waals surface area contributed by atoms with Crippen molar-refractivity contribution in [1.29, 1.82) is 0 Å². The van der Waals surface area contributed by atoms with E-state index >= 15 is 0 Å². The lowest BCUT2D eigenvalue weighted by atomic mass is 10.2. The largest absolute Gasteiger partial charge is 0.383 e. The Hall–Kier alpha value is -3.34. The van der Waals surface area contributed by atoms with Crippen molar-refractivity contribution in [2.45, 2.75) is 52.9 Å². The fraction of sp³-hybridized carbons (Fsp3) is 0.458. The molecule has 11 heteroatoms. The first-order chi connectivity index (χ1) is 16.6. The van der Waals surface area contributed by atoms with Crippen molar-refractivity contribution in [3.63, 3.8) is 0 Å². The number of benzene rings is 1. The van der Waals surface area contributed by atoms with Crippen LogP contribution in [0.25, 0.3) is 0 Å².